The maximum atomic E-state index is 13.8. The molecule has 3 atom stereocenters. The molecule has 172 valence electrons. The molecule has 1 aliphatic carbocycles. The van der Waals surface area contributed by atoms with Crippen LogP contribution in [0.5, 0.6) is 5.75 Å². The molecule has 0 radical (unpaired) electrons. The standard InChI is InChI=1S/C25H30FNO5/c1-6-7-8-20-24(29)17(9-11-19(25(20)30)16(4)27-32-15(2)3)13-22(28)21-14-18(26)10-12-23(21)31-5/h1,10-12,14-15,17,20,22,28H,7-9,13H2,2-5H3/b27-16+. The summed E-state index contributed by atoms with van der Waals surface area (Å²) in [6.45, 7) is 5.29. The van der Waals surface area contributed by atoms with Crippen LogP contribution in [0.4, 0.5) is 4.39 Å². The molecule has 1 N–H and O–H groups in total. The predicted octanol–water partition coefficient (Wildman–Crippen LogP) is 4.17. The predicted molar refractivity (Wildman–Crippen MR) is 120 cm³/mol. The van der Waals surface area contributed by atoms with Gasteiger partial charge in [-0.25, -0.2) is 4.39 Å². The van der Waals surface area contributed by atoms with Crippen molar-refractivity contribution < 1.29 is 28.7 Å². The third-order valence-corrected chi connectivity index (χ3v) is 5.36. The number of Topliss-reactive ketones (excluding diaryl/α,β-unsaturated/α-hetero) is 2. The second-order valence-corrected chi connectivity index (χ2v) is 8.08. The van der Waals surface area contributed by atoms with Crippen LogP contribution < -0.4 is 4.74 Å². The first-order chi connectivity index (χ1) is 15.2. The van der Waals surface area contributed by atoms with Crippen LogP contribution in [0.3, 0.4) is 0 Å². The molecule has 6 nitrogen and oxygen atoms in total. The van der Waals surface area contributed by atoms with Crippen LogP contribution >= 0.6 is 0 Å². The summed E-state index contributed by atoms with van der Waals surface area (Å²) < 4.78 is 19.0. The van der Waals surface area contributed by atoms with Gasteiger partial charge in [0.05, 0.1) is 24.8 Å². The Morgan fingerprint density at radius 2 is 2.09 bits per heavy atom. The van der Waals surface area contributed by atoms with Gasteiger partial charge in [0.15, 0.2) is 5.78 Å². The topological polar surface area (TPSA) is 85.2 Å². The minimum Gasteiger partial charge on any atom is -0.496 e. The van der Waals surface area contributed by atoms with E-state index in [1.807, 2.05) is 13.8 Å². The number of ether oxygens (including phenoxy) is 1. The van der Waals surface area contributed by atoms with Gasteiger partial charge in [0.25, 0.3) is 0 Å². The molecule has 3 unspecified atom stereocenters. The molecule has 0 aromatic heterocycles. The number of hydrogen-bond donors (Lipinski definition) is 1. The molecule has 0 fully saturated rings. The highest BCUT2D eigenvalue weighted by atomic mass is 19.1. The number of methoxy groups -OCH3 is 1. The van der Waals surface area contributed by atoms with Gasteiger partial charge in [-0.3, -0.25) is 9.59 Å². The minimum atomic E-state index is -1.15. The number of oxime groups is 1. The van der Waals surface area contributed by atoms with E-state index in [2.05, 4.69) is 11.1 Å². The van der Waals surface area contributed by atoms with E-state index >= 15 is 0 Å². The summed E-state index contributed by atoms with van der Waals surface area (Å²) in [6.07, 6.45) is 6.45. The number of benzene rings is 1. The number of halogens is 1. The molecule has 0 saturated heterocycles. The maximum Gasteiger partial charge on any atom is 0.174 e. The van der Waals surface area contributed by atoms with Crippen molar-refractivity contribution in [3.8, 4) is 18.1 Å². The number of allylic oxidation sites excluding steroid dienone is 2. The summed E-state index contributed by atoms with van der Waals surface area (Å²) in [5, 5.41) is 14.8. The van der Waals surface area contributed by atoms with Gasteiger partial charge in [0.2, 0.25) is 0 Å². The summed E-state index contributed by atoms with van der Waals surface area (Å²) in [5.74, 6) is 0.0581. The Morgan fingerprint density at radius 1 is 1.38 bits per heavy atom. The van der Waals surface area contributed by atoms with Crippen LogP contribution in [0.2, 0.25) is 0 Å². The number of carbonyl (C=O) groups excluding carboxylic acids is 2. The summed E-state index contributed by atoms with van der Waals surface area (Å²) in [4.78, 5) is 31.7. The highest BCUT2D eigenvalue weighted by Crippen LogP contribution is 2.35. The zero-order valence-electron chi connectivity index (χ0n) is 18.9. The van der Waals surface area contributed by atoms with Crippen molar-refractivity contribution in [2.24, 2.45) is 17.0 Å². The van der Waals surface area contributed by atoms with Crippen LogP contribution in [0, 0.1) is 30.0 Å². The Morgan fingerprint density at radius 3 is 2.72 bits per heavy atom. The second-order valence-electron chi connectivity index (χ2n) is 8.08. The Hall–Kier alpha value is -2.98. The highest BCUT2D eigenvalue weighted by Gasteiger charge is 2.37. The third-order valence-electron chi connectivity index (χ3n) is 5.36. The van der Waals surface area contributed by atoms with E-state index in [0.29, 0.717) is 17.0 Å². The van der Waals surface area contributed by atoms with E-state index in [1.54, 1.807) is 13.0 Å². The number of rotatable bonds is 9. The van der Waals surface area contributed by atoms with Crippen molar-refractivity contribution in [1.29, 1.82) is 0 Å². The van der Waals surface area contributed by atoms with E-state index in [4.69, 9.17) is 16.0 Å². The maximum absolute atomic E-state index is 13.8. The first kappa shape index (κ1) is 25.3. The molecule has 0 spiro atoms. The zero-order chi connectivity index (χ0) is 23.8. The molecule has 1 aromatic rings. The monoisotopic (exact) mass is 443 g/mol. The number of carbonyl (C=O) groups is 2. The van der Waals surface area contributed by atoms with Gasteiger partial charge in [0.1, 0.15) is 23.5 Å². The van der Waals surface area contributed by atoms with Gasteiger partial charge in [-0.15, -0.1) is 12.3 Å². The van der Waals surface area contributed by atoms with E-state index in [9.17, 15) is 19.1 Å². The quantitative estimate of drug-likeness (QED) is 0.268. The average molecular weight is 444 g/mol. The first-order valence-corrected chi connectivity index (χ1v) is 10.6. The lowest BCUT2D eigenvalue weighted by Gasteiger charge is -2.22. The van der Waals surface area contributed by atoms with E-state index in [-0.39, 0.29) is 48.9 Å². The van der Waals surface area contributed by atoms with Crippen molar-refractivity contribution >= 4 is 17.3 Å². The molecule has 2 rings (SSSR count). The Balaban J connectivity index is 2.35. The molecule has 1 aliphatic rings. The van der Waals surface area contributed by atoms with Gasteiger partial charge in [-0.1, -0.05) is 11.2 Å². The van der Waals surface area contributed by atoms with Gasteiger partial charge >= 0.3 is 0 Å². The van der Waals surface area contributed by atoms with Crippen LogP contribution in [0.25, 0.3) is 0 Å². The molecule has 7 heteroatoms. The van der Waals surface area contributed by atoms with Crippen LogP contribution in [0.1, 0.15) is 58.1 Å². The third kappa shape index (κ3) is 6.27. The van der Waals surface area contributed by atoms with E-state index in [0.717, 1.165) is 0 Å². The number of aliphatic hydroxyl groups excluding tert-OH is 1. The van der Waals surface area contributed by atoms with Crippen molar-refractivity contribution in [3.05, 3.63) is 41.2 Å². The van der Waals surface area contributed by atoms with Crippen molar-refractivity contribution in [1.82, 2.24) is 0 Å². The second kappa shape index (κ2) is 11.6. The largest absolute Gasteiger partial charge is 0.496 e. The first-order valence-electron chi connectivity index (χ1n) is 10.6. The van der Waals surface area contributed by atoms with Crippen LogP contribution in [-0.2, 0) is 14.4 Å². The highest BCUT2D eigenvalue weighted by molar-refractivity contribution is 6.26. The lowest BCUT2D eigenvalue weighted by Crippen LogP contribution is -2.30. The lowest BCUT2D eigenvalue weighted by atomic mass is 9.82. The van der Waals surface area contributed by atoms with Crippen molar-refractivity contribution in [2.45, 2.75) is 58.7 Å². The summed E-state index contributed by atoms with van der Waals surface area (Å²) in [7, 11) is 1.42. The van der Waals surface area contributed by atoms with Gasteiger partial charge in [-0.05, 0) is 58.2 Å². The SMILES string of the molecule is C#CCCC1C(=O)C(/C(C)=N/OC(C)C)=CCC(CC(O)c2cc(F)ccc2OC)C1=O. The zero-order valence-corrected chi connectivity index (χ0v) is 18.9. The van der Waals surface area contributed by atoms with Gasteiger partial charge in [-0.2, -0.15) is 0 Å². The summed E-state index contributed by atoms with van der Waals surface area (Å²) >= 11 is 0. The minimum absolute atomic E-state index is 0.0148. The van der Waals surface area contributed by atoms with Crippen molar-refractivity contribution in [2.75, 3.05) is 7.11 Å². The number of aliphatic hydroxyl groups is 1. The molecule has 0 amide bonds. The van der Waals surface area contributed by atoms with Crippen molar-refractivity contribution in [3.63, 3.8) is 0 Å². The molecule has 0 saturated carbocycles. The van der Waals surface area contributed by atoms with Crippen LogP contribution in [-0.4, -0.2) is 35.6 Å². The number of ketones is 2. The lowest BCUT2D eigenvalue weighted by molar-refractivity contribution is -0.133. The fraction of sp³-hybridized carbons (Fsp3) is 0.480. The molecular formula is C25H30FNO5. The molecule has 0 bridgehead atoms. The Kier molecular flexibility index (Phi) is 9.15. The molecule has 32 heavy (non-hydrogen) atoms. The van der Waals surface area contributed by atoms with Gasteiger partial charge < -0.3 is 14.7 Å². The Bertz CT molecular complexity index is 944. The molecular weight excluding hydrogens is 413 g/mol. The van der Waals surface area contributed by atoms with Gasteiger partial charge in [0, 0.05) is 23.5 Å². The number of terminal acetylenes is 1. The normalized spacial score (nSPS) is 20.4. The average Bonchev–Trinajstić information content (AvgIpc) is 2.87. The molecule has 1 aromatic carbocycles. The summed E-state index contributed by atoms with van der Waals surface area (Å²) in [5.41, 5.74) is 0.958. The molecule has 0 aliphatic heterocycles. The Labute approximate surface area is 188 Å². The van der Waals surface area contributed by atoms with Crippen LogP contribution in [0.15, 0.2) is 35.0 Å². The smallest absolute Gasteiger partial charge is 0.174 e. The fourth-order valence-electron chi connectivity index (χ4n) is 3.71. The number of nitrogens with zero attached hydrogens (tertiary/aromatic N) is 1. The van der Waals surface area contributed by atoms with E-state index < -0.39 is 23.8 Å². The summed E-state index contributed by atoms with van der Waals surface area (Å²) in [6, 6.07) is 3.85. The molecule has 0 heterocycles. The van der Waals surface area contributed by atoms with E-state index in [1.165, 1.54) is 25.3 Å². The fourth-order valence-corrected chi connectivity index (χ4v) is 3.71. The number of hydrogen-bond acceptors (Lipinski definition) is 6.